The molecule has 1 fully saturated rings. The van der Waals surface area contributed by atoms with Gasteiger partial charge in [-0.25, -0.2) is 4.98 Å². The van der Waals surface area contributed by atoms with E-state index < -0.39 is 0 Å². The number of halogens is 2. The summed E-state index contributed by atoms with van der Waals surface area (Å²) >= 11 is 12.8. The van der Waals surface area contributed by atoms with Gasteiger partial charge in [0.15, 0.2) is 0 Å². The fraction of sp³-hybridized carbons (Fsp3) is 0.185. The number of carbonyl (C=O) groups is 1. The number of piperazine rings is 1. The van der Waals surface area contributed by atoms with Gasteiger partial charge in [0.1, 0.15) is 5.69 Å². The van der Waals surface area contributed by atoms with Crippen LogP contribution in [0.3, 0.4) is 0 Å². The highest BCUT2D eigenvalue weighted by Crippen LogP contribution is 2.36. The van der Waals surface area contributed by atoms with Crippen molar-refractivity contribution < 1.29 is 4.79 Å². The largest absolute Gasteiger partial charge is 0.360 e. The Morgan fingerprint density at radius 3 is 2.52 bits per heavy atom. The maximum atomic E-state index is 13.4. The molecule has 1 aliphatic heterocycles. The smallest absolute Gasteiger partial charge is 0.272 e. The number of aryl methyl sites for hydroxylation is 1. The van der Waals surface area contributed by atoms with Crippen molar-refractivity contribution in [2.75, 3.05) is 24.5 Å². The summed E-state index contributed by atoms with van der Waals surface area (Å²) in [4.78, 5) is 22.2. The molecule has 5 rings (SSSR count). The fourth-order valence-corrected chi connectivity index (χ4v) is 4.89. The number of para-hydroxylation sites is 1. The summed E-state index contributed by atoms with van der Waals surface area (Å²) in [5, 5.41) is 2.42. The van der Waals surface area contributed by atoms with Crippen molar-refractivity contribution in [3.05, 3.63) is 106 Å². The zero-order valence-electron chi connectivity index (χ0n) is 18.2. The number of amides is 1. The number of anilines is 1. The lowest BCUT2D eigenvalue weighted by atomic mass is 10.0. The molecule has 1 aliphatic rings. The second-order valence-corrected chi connectivity index (χ2v) is 9.20. The van der Waals surface area contributed by atoms with E-state index in [2.05, 4.69) is 22.0 Å². The molecule has 0 bridgehead atoms. The van der Waals surface area contributed by atoms with Crippen LogP contribution in [0.2, 0.25) is 10.0 Å². The van der Waals surface area contributed by atoms with E-state index >= 15 is 0 Å². The average molecular weight is 476 g/mol. The molecule has 1 atom stereocenters. The first-order chi connectivity index (χ1) is 16.0. The molecule has 4 aromatic rings. The maximum absolute atomic E-state index is 13.4. The number of carbonyl (C=O) groups excluding carboxylic acids is 1. The van der Waals surface area contributed by atoms with Gasteiger partial charge in [0.05, 0.1) is 22.3 Å². The van der Waals surface area contributed by atoms with Crippen LogP contribution in [-0.4, -0.2) is 35.4 Å². The number of pyridine rings is 1. The van der Waals surface area contributed by atoms with E-state index in [9.17, 15) is 4.79 Å². The van der Waals surface area contributed by atoms with Crippen molar-refractivity contribution in [1.82, 2.24) is 9.88 Å². The molecular formula is C27H23Cl2N3O. The summed E-state index contributed by atoms with van der Waals surface area (Å²) in [6.07, 6.45) is 0. The Morgan fingerprint density at radius 2 is 1.73 bits per heavy atom. The van der Waals surface area contributed by atoms with E-state index in [0.29, 0.717) is 35.4 Å². The Morgan fingerprint density at radius 1 is 0.939 bits per heavy atom. The van der Waals surface area contributed by atoms with Crippen LogP contribution in [0.4, 0.5) is 5.69 Å². The molecule has 0 spiro atoms. The lowest BCUT2D eigenvalue weighted by Crippen LogP contribution is -2.50. The van der Waals surface area contributed by atoms with Gasteiger partial charge in [-0.3, -0.25) is 4.79 Å². The minimum Gasteiger partial charge on any atom is -0.360 e. The van der Waals surface area contributed by atoms with Crippen LogP contribution in [0.5, 0.6) is 0 Å². The van der Waals surface area contributed by atoms with Crippen molar-refractivity contribution in [3.63, 3.8) is 0 Å². The lowest BCUT2D eigenvalue weighted by Gasteiger charge is -2.43. The molecule has 0 N–H and O–H groups in total. The minimum atomic E-state index is -0.0608. The van der Waals surface area contributed by atoms with Gasteiger partial charge in [0, 0.05) is 30.0 Å². The van der Waals surface area contributed by atoms with Crippen LogP contribution in [0.1, 0.15) is 27.7 Å². The molecule has 3 aromatic carbocycles. The van der Waals surface area contributed by atoms with Gasteiger partial charge < -0.3 is 9.80 Å². The molecule has 1 unspecified atom stereocenters. The molecule has 166 valence electrons. The molecule has 33 heavy (non-hydrogen) atoms. The molecule has 1 amide bonds. The molecule has 0 aliphatic carbocycles. The summed E-state index contributed by atoms with van der Waals surface area (Å²) < 4.78 is 0. The van der Waals surface area contributed by atoms with Gasteiger partial charge >= 0.3 is 0 Å². The second-order valence-electron chi connectivity index (χ2n) is 8.36. The van der Waals surface area contributed by atoms with Crippen molar-refractivity contribution in [2.24, 2.45) is 0 Å². The number of rotatable bonds is 3. The summed E-state index contributed by atoms with van der Waals surface area (Å²) in [6.45, 7) is 3.80. The Hall–Kier alpha value is -3.08. The van der Waals surface area contributed by atoms with Gasteiger partial charge in [-0.05, 0) is 54.4 Å². The third kappa shape index (κ3) is 4.41. The van der Waals surface area contributed by atoms with Crippen LogP contribution in [-0.2, 0) is 0 Å². The van der Waals surface area contributed by atoms with Crippen molar-refractivity contribution in [1.29, 1.82) is 0 Å². The first-order valence-electron chi connectivity index (χ1n) is 10.9. The van der Waals surface area contributed by atoms with E-state index in [1.165, 1.54) is 0 Å². The average Bonchev–Trinajstić information content (AvgIpc) is 2.84. The zero-order valence-corrected chi connectivity index (χ0v) is 19.7. The summed E-state index contributed by atoms with van der Waals surface area (Å²) in [6, 6.07) is 25.5. The fourth-order valence-electron chi connectivity index (χ4n) is 4.42. The van der Waals surface area contributed by atoms with Gasteiger partial charge in [-0.15, -0.1) is 0 Å². The van der Waals surface area contributed by atoms with Crippen LogP contribution in [0.15, 0.2) is 78.9 Å². The number of nitrogens with zero attached hydrogens (tertiary/aromatic N) is 3. The van der Waals surface area contributed by atoms with Gasteiger partial charge in [-0.2, -0.15) is 0 Å². The van der Waals surface area contributed by atoms with E-state index in [1.54, 1.807) is 0 Å². The van der Waals surface area contributed by atoms with Crippen LogP contribution < -0.4 is 4.90 Å². The Bertz CT molecular complexity index is 1320. The first kappa shape index (κ1) is 21.7. The van der Waals surface area contributed by atoms with E-state index in [-0.39, 0.29) is 11.9 Å². The topological polar surface area (TPSA) is 36.4 Å². The van der Waals surface area contributed by atoms with Crippen LogP contribution in [0, 0.1) is 6.92 Å². The molecule has 0 radical (unpaired) electrons. The standard InChI is InChI=1S/C27H23Cl2N3O/c1-18-6-13-25(22(29)16-18)32-15-14-31(17-26(32)20-7-10-21(28)11-8-20)27(33)24-12-9-19-4-2-3-5-23(19)30-24/h2-13,16,26H,14-15,17H2,1H3. The minimum absolute atomic E-state index is 0.0550. The van der Waals surface area contributed by atoms with Crippen molar-refractivity contribution in [2.45, 2.75) is 13.0 Å². The number of aromatic nitrogens is 1. The second kappa shape index (κ2) is 9.05. The van der Waals surface area contributed by atoms with E-state index in [0.717, 1.165) is 27.7 Å². The summed E-state index contributed by atoms with van der Waals surface area (Å²) in [5.41, 5.74) is 4.45. The highest BCUT2D eigenvalue weighted by Gasteiger charge is 2.32. The number of benzene rings is 3. The Balaban J connectivity index is 1.48. The predicted octanol–water partition coefficient (Wildman–Crippen LogP) is 6.55. The molecule has 0 saturated carbocycles. The molecule has 1 saturated heterocycles. The number of fused-ring (bicyclic) bond motifs is 1. The number of hydrogen-bond acceptors (Lipinski definition) is 3. The summed E-state index contributed by atoms with van der Waals surface area (Å²) in [5.74, 6) is -0.0608. The molecular weight excluding hydrogens is 453 g/mol. The van der Waals surface area contributed by atoms with Crippen molar-refractivity contribution >= 4 is 45.7 Å². The predicted molar refractivity (Wildman–Crippen MR) is 135 cm³/mol. The highest BCUT2D eigenvalue weighted by atomic mass is 35.5. The van der Waals surface area contributed by atoms with Gasteiger partial charge in [-0.1, -0.05) is 65.7 Å². The highest BCUT2D eigenvalue weighted by molar-refractivity contribution is 6.33. The normalized spacial score (nSPS) is 16.3. The maximum Gasteiger partial charge on any atom is 0.272 e. The van der Waals surface area contributed by atoms with Crippen LogP contribution >= 0.6 is 23.2 Å². The van der Waals surface area contributed by atoms with Gasteiger partial charge in [0.2, 0.25) is 0 Å². The molecule has 6 heteroatoms. The molecule has 1 aromatic heterocycles. The monoisotopic (exact) mass is 475 g/mol. The van der Waals surface area contributed by atoms with E-state index in [4.69, 9.17) is 23.2 Å². The third-order valence-electron chi connectivity index (χ3n) is 6.15. The Labute approximate surface area is 203 Å². The summed E-state index contributed by atoms with van der Waals surface area (Å²) in [7, 11) is 0. The third-order valence-corrected chi connectivity index (χ3v) is 6.71. The molecule has 2 heterocycles. The zero-order chi connectivity index (χ0) is 22.9. The lowest BCUT2D eigenvalue weighted by molar-refractivity contribution is 0.0716. The number of hydrogen-bond donors (Lipinski definition) is 0. The SMILES string of the molecule is Cc1ccc(N2CCN(C(=O)c3ccc4ccccc4n3)CC2c2ccc(Cl)cc2)c(Cl)c1. The quantitative estimate of drug-likeness (QED) is 0.336. The Kier molecular flexibility index (Phi) is 5.96. The van der Waals surface area contributed by atoms with Gasteiger partial charge in [0.25, 0.3) is 5.91 Å². The van der Waals surface area contributed by atoms with Crippen molar-refractivity contribution in [3.8, 4) is 0 Å². The van der Waals surface area contributed by atoms with Crippen LogP contribution in [0.25, 0.3) is 10.9 Å². The molecule has 4 nitrogen and oxygen atoms in total. The van der Waals surface area contributed by atoms with E-state index in [1.807, 2.05) is 78.6 Å². The first-order valence-corrected chi connectivity index (χ1v) is 11.7.